The van der Waals surface area contributed by atoms with Crippen LogP contribution >= 0.6 is 0 Å². The van der Waals surface area contributed by atoms with Gasteiger partial charge in [0, 0.05) is 0 Å². The van der Waals surface area contributed by atoms with Gasteiger partial charge in [0.1, 0.15) is 0 Å². The minimum atomic E-state index is -0.884. The number of carboxylic acids is 1. The molecule has 0 fully saturated rings. The first-order valence-electron chi connectivity index (χ1n) is 3.99. The van der Waals surface area contributed by atoms with Crippen molar-refractivity contribution >= 4 is 16.7 Å². The summed E-state index contributed by atoms with van der Waals surface area (Å²) in [5.74, 6) is -0.884. The molecule has 0 aromatic heterocycles. The van der Waals surface area contributed by atoms with Crippen LogP contribution in [0.25, 0.3) is 10.8 Å². The van der Waals surface area contributed by atoms with E-state index in [4.69, 9.17) is 5.11 Å². The fourth-order valence-electron chi connectivity index (χ4n) is 1.32. The second-order valence-corrected chi connectivity index (χ2v) is 2.87. The van der Waals surface area contributed by atoms with Crippen LogP contribution in [0.5, 0.6) is 0 Å². The fraction of sp³-hybridized carbons (Fsp3) is 0. The molecule has 66 valence electrons. The van der Waals surface area contributed by atoms with Crippen molar-refractivity contribution < 1.29 is 30.2 Å². The summed E-state index contributed by atoms with van der Waals surface area (Å²) < 4.78 is 0. The molecule has 2 nitrogen and oxygen atoms in total. The van der Waals surface area contributed by atoms with Gasteiger partial charge in [0.15, 0.2) is 0 Å². The van der Waals surface area contributed by atoms with E-state index in [1.165, 1.54) is 0 Å². The van der Waals surface area contributed by atoms with Gasteiger partial charge < -0.3 is 6.53 Å². The summed E-state index contributed by atoms with van der Waals surface area (Å²) in [7, 11) is 0. The van der Waals surface area contributed by atoms with Gasteiger partial charge in [0.05, 0.1) is 5.56 Å². The molecule has 0 atom stereocenters. The third kappa shape index (κ3) is 1.98. The predicted molar refractivity (Wildman–Crippen MR) is 52.0 cm³/mol. The van der Waals surface area contributed by atoms with E-state index < -0.39 is 5.97 Å². The van der Waals surface area contributed by atoms with E-state index >= 15 is 0 Å². The molecule has 0 aliphatic carbocycles. The van der Waals surface area contributed by atoms with Crippen LogP contribution in [0.2, 0.25) is 0 Å². The zero-order valence-corrected chi connectivity index (χ0v) is 7.90. The minimum Gasteiger partial charge on any atom is -1.00 e. The Morgan fingerprint density at radius 1 is 1.07 bits per heavy atom. The quantitative estimate of drug-likeness (QED) is 0.609. The van der Waals surface area contributed by atoms with Crippen LogP contribution in [-0.4, -0.2) is 11.1 Å². The molecule has 2 aromatic carbocycles. The summed E-state index contributed by atoms with van der Waals surface area (Å²) in [5.41, 5.74) is 0.332. The van der Waals surface area contributed by atoms with Crippen LogP contribution in [0.1, 0.15) is 11.8 Å². The number of aromatic carboxylic acids is 1. The second-order valence-electron chi connectivity index (χ2n) is 2.87. The first-order valence-corrected chi connectivity index (χ1v) is 3.99. The molecule has 0 bridgehead atoms. The molecule has 0 aliphatic heterocycles. The van der Waals surface area contributed by atoms with E-state index in [0.717, 1.165) is 10.8 Å². The van der Waals surface area contributed by atoms with Crippen molar-refractivity contribution in [1.29, 1.82) is 0 Å². The van der Waals surface area contributed by atoms with Gasteiger partial charge in [0.25, 0.3) is 0 Å². The minimum absolute atomic E-state index is 0. The third-order valence-electron chi connectivity index (χ3n) is 2.00. The van der Waals surface area contributed by atoms with Crippen LogP contribution < -0.4 is 18.9 Å². The van der Waals surface area contributed by atoms with Crippen molar-refractivity contribution in [3.8, 4) is 0 Å². The van der Waals surface area contributed by atoms with Crippen molar-refractivity contribution in [2.45, 2.75) is 0 Å². The summed E-state index contributed by atoms with van der Waals surface area (Å²) in [5, 5.41) is 10.8. The van der Waals surface area contributed by atoms with Gasteiger partial charge in [-0.25, -0.2) is 4.79 Å². The zero-order chi connectivity index (χ0) is 9.26. The van der Waals surface area contributed by atoms with Crippen molar-refractivity contribution in [3.63, 3.8) is 0 Å². The van der Waals surface area contributed by atoms with Crippen molar-refractivity contribution in [3.05, 3.63) is 48.0 Å². The Bertz CT molecular complexity index is 471. The number of fused-ring (bicyclic) bond motifs is 1. The van der Waals surface area contributed by atoms with Crippen LogP contribution in [0.15, 0.2) is 42.5 Å². The molecule has 1 N–H and O–H groups in total. The number of hydrogen-bond acceptors (Lipinski definition) is 1. The fourth-order valence-corrected chi connectivity index (χ4v) is 1.32. The molecule has 0 aliphatic rings. The van der Waals surface area contributed by atoms with E-state index in [-0.39, 0.29) is 20.3 Å². The van der Waals surface area contributed by atoms with Crippen molar-refractivity contribution in [2.75, 3.05) is 0 Å². The maximum absolute atomic E-state index is 10.6. The van der Waals surface area contributed by atoms with E-state index in [1.807, 2.05) is 30.3 Å². The molecule has 0 saturated carbocycles. The van der Waals surface area contributed by atoms with Gasteiger partial charge >= 0.3 is 24.8 Å². The zero-order valence-electron chi connectivity index (χ0n) is 8.90. The Balaban J connectivity index is 0.000000980. The molecule has 0 amide bonds. The van der Waals surface area contributed by atoms with Crippen molar-refractivity contribution in [2.24, 2.45) is 0 Å². The van der Waals surface area contributed by atoms with Gasteiger partial charge in [0.2, 0.25) is 0 Å². The normalized spacial score (nSPS) is 9.43. The van der Waals surface area contributed by atoms with Gasteiger partial charge in [-0.05, 0) is 22.9 Å². The number of hydrogen-bond donors (Lipinski definition) is 1. The predicted octanol–water partition coefficient (Wildman–Crippen LogP) is -0.346. The Hall–Kier alpha value is -1.23. The summed E-state index contributed by atoms with van der Waals surface area (Å²) >= 11 is 0. The number of carbonyl (C=O) groups is 1. The topological polar surface area (TPSA) is 37.3 Å². The maximum atomic E-state index is 10.6. The summed E-state index contributed by atoms with van der Waals surface area (Å²) in [4.78, 5) is 10.6. The maximum Gasteiger partial charge on any atom is 1.00 e. The molecule has 0 radical (unpaired) electrons. The van der Waals surface area contributed by atoms with Crippen LogP contribution in [0.4, 0.5) is 0 Å². The molecule has 3 heteroatoms. The Labute approximate surface area is 95.2 Å². The first kappa shape index (κ1) is 10.8. The van der Waals surface area contributed by atoms with Gasteiger partial charge in [-0.2, -0.15) is 0 Å². The molecule has 14 heavy (non-hydrogen) atoms. The molecule has 2 rings (SSSR count). The van der Waals surface area contributed by atoms with Crippen LogP contribution in [0.3, 0.4) is 0 Å². The molecule has 0 heterocycles. The summed E-state index contributed by atoms with van der Waals surface area (Å²) in [6.07, 6.45) is 0. The van der Waals surface area contributed by atoms with Crippen LogP contribution in [0, 0.1) is 0 Å². The molecule has 0 saturated heterocycles. The largest absolute Gasteiger partial charge is 1.00 e. The van der Waals surface area contributed by atoms with Gasteiger partial charge in [-0.15, -0.1) is 0 Å². The third-order valence-corrected chi connectivity index (χ3v) is 2.00. The van der Waals surface area contributed by atoms with E-state index in [9.17, 15) is 4.79 Å². The molecular weight excluding hydrogens is 171 g/mol. The Kier molecular flexibility index (Phi) is 3.35. The smallest absolute Gasteiger partial charge is 1.00 e. The van der Waals surface area contributed by atoms with Gasteiger partial charge in [-0.3, -0.25) is 0 Å². The molecule has 0 spiro atoms. The number of rotatable bonds is 1. The van der Waals surface area contributed by atoms with E-state index in [2.05, 4.69) is 0 Å². The van der Waals surface area contributed by atoms with E-state index in [0.29, 0.717) is 5.56 Å². The summed E-state index contributed by atoms with van der Waals surface area (Å²) in [6, 6.07) is 12.8. The summed E-state index contributed by atoms with van der Waals surface area (Å²) in [6.45, 7) is 0. The van der Waals surface area contributed by atoms with Crippen LogP contribution in [-0.2, 0) is 0 Å². The second kappa shape index (κ2) is 4.32. The molecular formula is C11H9LiO2. The monoisotopic (exact) mass is 180 g/mol. The Morgan fingerprint density at radius 3 is 2.36 bits per heavy atom. The molecule has 2 aromatic rings. The number of benzene rings is 2. The molecule has 0 unspecified atom stereocenters. The first-order chi connectivity index (χ1) is 6.27. The average Bonchev–Trinajstić information content (AvgIpc) is 2.17. The van der Waals surface area contributed by atoms with Crippen molar-refractivity contribution in [1.82, 2.24) is 0 Å². The Morgan fingerprint density at radius 2 is 1.71 bits per heavy atom. The number of carboxylic acid groups (broad SMARTS) is 1. The SMILES string of the molecule is O=C(O)c1ccc2ccccc2c1.[H-].[Li+]. The van der Waals surface area contributed by atoms with Gasteiger partial charge in [-0.1, -0.05) is 30.3 Å². The standard InChI is InChI=1S/C11H8O2.Li.H/c12-11(13)10-6-5-8-3-1-2-4-9(8)7-10;;/h1-7H,(H,12,13);;/q;+1;-1. The average molecular weight is 180 g/mol. The van der Waals surface area contributed by atoms with E-state index in [1.54, 1.807) is 12.1 Å².